The van der Waals surface area contributed by atoms with E-state index in [1.807, 2.05) is 0 Å². The van der Waals surface area contributed by atoms with Crippen molar-refractivity contribution in [3.8, 4) is 0 Å². The molecule has 0 bridgehead atoms. The molecule has 0 unspecified atom stereocenters. The molecule has 2 aliphatic heterocycles. The molecule has 1 aromatic rings. The number of nitrogens with two attached hydrogens (primary N) is 1. The van der Waals surface area contributed by atoms with Crippen LogP contribution >= 0.6 is 23.1 Å². The Morgan fingerprint density at radius 2 is 2.22 bits per heavy atom. The van der Waals surface area contributed by atoms with Crippen LogP contribution in [0.4, 0.5) is 5.13 Å². The quantitative estimate of drug-likeness (QED) is 0.177. The Kier molecular flexibility index (Phi) is 6.59. The molecule has 3 rings (SSSR count). The molecule has 6 N–H and O–H groups in total. The van der Waals surface area contributed by atoms with Crippen molar-refractivity contribution in [1.82, 2.24) is 15.6 Å². The Morgan fingerprint density at radius 3 is 2.81 bits per heavy atom. The highest BCUT2D eigenvalue weighted by molar-refractivity contribution is 8.00. The maximum Gasteiger partial charge on any atom is 0.355 e. The molecule has 0 radical (unpaired) electrons. The number of thioether (sulfide) groups is 1. The molecule has 0 aliphatic carbocycles. The van der Waals surface area contributed by atoms with Gasteiger partial charge in [-0.3, -0.25) is 4.79 Å². The monoisotopic (exact) mass is 485 g/mol. The van der Waals surface area contributed by atoms with Crippen molar-refractivity contribution in [2.24, 2.45) is 5.16 Å². The van der Waals surface area contributed by atoms with Gasteiger partial charge in [-0.15, -0.1) is 23.1 Å². The third kappa shape index (κ3) is 4.77. The number of hydrogen-bond acceptors (Lipinski definition) is 12. The van der Waals surface area contributed by atoms with Crippen molar-refractivity contribution in [3.05, 3.63) is 22.3 Å². The minimum atomic E-state index is -1.53. The number of carboxylic acid groups (broad SMARTS) is 2. The zero-order chi connectivity index (χ0) is 23.6. The summed E-state index contributed by atoms with van der Waals surface area (Å²) < 4.78 is 5.16. The fourth-order valence-corrected chi connectivity index (χ4v) is 4.88. The van der Waals surface area contributed by atoms with Gasteiger partial charge in [-0.05, 0) is 13.8 Å². The first-order valence-corrected chi connectivity index (χ1v) is 10.9. The highest BCUT2D eigenvalue weighted by Crippen LogP contribution is 2.38. The Balaban J connectivity index is 1.86. The summed E-state index contributed by atoms with van der Waals surface area (Å²) in [5, 5.41) is 28.8. The lowest BCUT2D eigenvalue weighted by Gasteiger charge is -2.39. The van der Waals surface area contributed by atoms with E-state index in [1.54, 1.807) is 6.92 Å². The largest absolute Gasteiger partial charge is 0.480 e. The maximum atomic E-state index is 12.9. The molecular weight excluding hydrogens is 466 g/mol. The lowest BCUT2D eigenvalue weighted by molar-refractivity contribution is -0.143. The van der Waals surface area contributed by atoms with E-state index >= 15 is 0 Å². The van der Waals surface area contributed by atoms with Crippen LogP contribution in [0.25, 0.3) is 0 Å². The van der Waals surface area contributed by atoms with E-state index in [1.165, 1.54) is 24.1 Å². The number of carbonyl (C=O) groups is 4. The van der Waals surface area contributed by atoms with Gasteiger partial charge in [-0.2, -0.15) is 0 Å². The number of oxime groups is 1. The fraction of sp³-hybridized carbons (Fsp3) is 0.412. The standard InChI is InChI=1S/C17H19N5O8S2/c1-6-7-4-32-17(2,21-10(7)15(28)30-6)12(14(26)27)20-13(25)11(22-29-3-9(23)24)8-5-31-16(18)19-8/h5-6,12,21H,3-4H2,1-2H3,(H2,18,19)(H,20,25)(H,23,24)(H,26,27)/b22-11-/t6-,12-,17+/m0/s1. The fourth-order valence-electron chi connectivity index (χ4n) is 3.00. The van der Waals surface area contributed by atoms with Crippen LogP contribution in [-0.2, 0) is 28.8 Å². The number of thiazole rings is 1. The Labute approximate surface area is 189 Å². The molecule has 0 spiro atoms. The zero-order valence-electron chi connectivity index (χ0n) is 16.8. The van der Waals surface area contributed by atoms with Crippen LogP contribution in [0.1, 0.15) is 19.5 Å². The number of amides is 1. The number of anilines is 1. The minimum absolute atomic E-state index is 0.0212. The topological polar surface area (TPSA) is 203 Å². The number of carbonyl (C=O) groups excluding carboxylic acids is 2. The molecule has 0 aromatic carbocycles. The molecule has 32 heavy (non-hydrogen) atoms. The lowest BCUT2D eigenvalue weighted by Crippen LogP contribution is -2.62. The predicted octanol–water partition coefficient (Wildman–Crippen LogP) is -0.648. The minimum Gasteiger partial charge on any atom is -0.480 e. The van der Waals surface area contributed by atoms with Crippen LogP contribution < -0.4 is 16.4 Å². The van der Waals surface area contributed by atoms with Gasteiger partial charge in [-0.1, -0.05) is 5.16 Å². The first-order valence-electron chi connectivity index (χ1n) is 9.04. The molecule has 0 saturated heterocycles. The second-order valence-electron chi connectivity index (χ2n) is 6.89. The highest BCUT2D eigenvalue weighted by Gasteiger charge is 2.48. The maximum absolute atomic E-state index is 12.9. The van der Waals surface area contributed by atoms with Crippen LogP contribution in [0.2, 0.25) is 0 Å². The van der Waals surface area contributed by atoms with Gasteiger partial charge in [0.2, 0.25) is 6.61 Å². The molecule has 13 nitrogen and oxygen atoms in total. The van der Waals surface area contributed by atoms with Crippen LogP contribution in [0.5, 0.6) is 0 Å². The summed E-state index contributed by atoms with van der Waals surface area (Å²) in [6.07, 6.45) is -0.430. The third-order valence-corrected chi connectivity index (χ3v) is 6.66. The van der Waals surface area contributed by atoms with Gasteiger partial charge in [-0.25, -0.2) is 19.4 Å². The van der Waals surface area contributed by atoms with E-state index < -0.39 is 53.2 Å². The average molecular weight is 486 g/mol. The summed E-state index contributed by atoms with van der Waals surface area (Å²) in [4.78, 5) is 55.0. The number of hydrogen-bond donors (Lipinski definition) is 5. The second kappa shape index (κ2) is 9.04. The number of aromatic nitrogens is 1. The van der Waals surface area contributed by atoms with E-state index in [4.69, 9.17) is 15.6 Å². The van der Waals surface area contributed by atoms with Crippen LogP contribution in [0, 0.1) is 0 Å². The first kappa shape index (κ1) is 23.3. The number of aliphatic carboxylic acids is 2. The van der Waals surface area contributed by atoms with Crippen molar-refractivity contribution in [2.45, 2.75) is 30.9 Å². The molecular formula is C17H19N5O8S2. The van der Waals surface area contributed by atoms with Crippen LogP contribution in [-0.4, -0.2) is 74.1 Å². The van der Waals surface area contributed by atoms with Gasteiger partial charge in [0.1, 0.15) is 22.4 Å². The molecule has 1 aromatic heterocycles. The molecule has 1 amide bonds. The number of nitrogens with one attached hydrogen (secondary N) is 2. The van der Waals surface area contributed by atoms with Gasteiger partial charge in [0.05, 0.1) is 0 Å². The highest BCUT2D eigenvalue weighted by atomic mass is 32.2. The number of cyclic esters (lactones) is 1. The van der Waals surface area contributed by atoms with Crippen LogP contribution in [0.3, 0.4) is 0 Å². The van der Waals surface area contributed by atoms with Gasteiger partial charge in [0.25, 0.3) is 5.91 Å². The molecule has 172 valence electrons. The molecule has 3 heterocycles. The summed E-state index contributed by atoms with van der Waals surface area (Å²) in [5.41, 5.74) is 5.98. The Hall–Kier alpha value is -3.33. The SMILES string of the molecule is C[C@@H]1OC(=O)C2=C1CS[C@](C)([C@@H](NC(=O)/C(=N\OCC(=O)O)c1csc(N)n1)C(=O)O)N2. The Bertz CT molecular complexity index is 1040. The summed E-state index contributed by atoms with van der Waals surface area (Å²) in [5.74, 6) is -3.98. The van der Waals surface area contributed by atoms with E-state index in [0.717, 1.165) is 11.3 Å². The summed E-state index contributed by atoms with van der Waals surface area (Å²) in [6, 6.07) is -1.53. The first-order chi connectivity index (χ1) is 15.0. The average Bonchev–Trinajstić information content (AvgIpc) is 3.25. The Morgan fingerprint density at radius 1 is 1.50 bits per heavy atom. The predicted molar refractivity (Wildman–Crippen MR) is 113 cm³/mol. The summed E-state index contributed by atoms with van der Waals surface area (Å²) >= 11 is 2.18. The van der Waals surface area contributed by atoms with E-state index in [-0.39, 0.29) is 16.5 Å². The van der Waals surface area contributed by atoms with E-state index in [2.05, 4.69) is 25.6 Å². The number of ether oxygens (including phenoxy) is 1. The van der Waals surface area contributed by atoms with Crippen molar-refractivity contribution in [1.29, 1.82) is 0 Å². The van der Waals surface area contributed by atoms with E-state index in [0.29, 0.717) is 11.3 Å². The van der Waals surface area contributed by atoms with Gasteiger partial charge >= 0.3 is 17.9 Å². The number of nitrogen functional groups attached to an aromatic ring is 1. The van der Waals surface area contributed by atoms with Crippen molar-refractivity contribution >= 4 is 57.8 Å². The van der Waals surface area contributed by atoms with Gasteiger partial charge in [0.15, 0.2) is 16.9 Å². The molecule has 0 saturated carbocycles. The number of nitrogens with zero attached hydrogens (tertiary/aromatic N) is 2. The summed E-state index contributed by atoms with van der Waals surface area (Å²) in [7, 11) is 0. The van der Waals surface area contributed by atoms with Gasteiger partial charge in [0, 0.05) is 16.7 Å². The third-order valence-electron chi connectivity index (χ3n) is 4.60. The lowest BCUT2D eigenvalue weighted by atomic mass is 10.1. The molecule has 15 heteroatoms. The smallest absolute Gasteiger partial charge is 0.355 e. The molecule has 3 atom stereocenters. The van der Waals surface area contributed by atoms with Crippen LogP contribution in [0.15, 0.2) is 21.8 Å². The molecule has 0 fully saturated rings. The van der Waals surface area contributed by atoms with Crippen molar-refractivity contribution in [2.75, 3.05) is 18.1 Å². The second-order valence-corrected chi connectivity index (χ2v) is 9.21. The number of carboxylic acids is 2. The van der Waals surface area contributed by atoms with Gasteiger partial charge < -0.3 is 36.2 Å². The number of esters is 1. The van der Waals surface area contributed by atoms with E-state index in [9.17, 15) is 24.3 Å². The molecule has 2 aliphatic rings. The number of rotatable bonds is 8. The zero-order valence-corrected chi connectivity index (χ0v) is 18.4. The van der Waals surface area contributed by atoms with Crippen molar-refractivity contribution < 1.29 is 39.0 Å². The normalized spacial score (nSPS) is 23.6. The summed E-state index contributed by atoms with van der Waals surface area (Å²) in [6.45, 7) is 2.40. The van der Waals surface area contributed by atoms with Crippen molar-refractivity contribution in [3.63, 3.8) is 0 Å².